The maximum absolute atomic E-state index is 11.1. The maximum atomic E-state index is 11.1. The molecule has 2 bridgehead atoms. The molecule has 1 N–H and O–H groups in total. The minimum atomic E-state index is -0.497. The fourth-order valence-corrected chi connectivity index (χ4v) is 8.85. The van der Waals surface area contributed by atoms with Crippen molar-refractivity contribution in [1.82, 2.24) is 19.9 Å². The largest absolute Gasteiger partial charge is 0.504 e. The maximum Gasteiger partial charge on any atom is 0.166 e. The van der Waals surface area contributed by atoms with Crippen molar-refractivity contribution in [2.75, 3.05) is 19.7 Å². The number of phenols is 1. The van der Waals surface area contributed by atoms with Gasteiger partial charge < -0.3 is 14.6 Å². The lowest BCUT2D eigenvalue weighted by Crippen LogP contribution is -2.75. The predicted octanol–water partition coefficient (Wildman–Crippen LogP) is 5.60. The molecule has 5 aliphatic rings. The molecule has 9 rings (SSSR count). The minimum absolute atomic E-state index is 0.220. The molecule has 4 aromatic rings. The van der Waals surface area contributed by atoms with E-state index in [9.17, 15) is 5.11 Å². The molecule has 218 valence electrons. The van der Waals surface area contributed by atoms with Gasteiger partial charge >= 0.3 is 0 Å². The van der Waals surface area contributed by atoms with Gasteiger partial charge in [-0.1, -0.05) is 36.4 Å². The Balaban J connectivity index is 1.19. The van der Waals surface area contributed by atoms with E-state index in [0.29, 0.717) is 12.4 Å². The molecule has 3 aliphatic carbocycles. The molecule has 0 amide bonds. The number of likely N-dealkylation sites (tertiary alicyclic amines) is 1. The summed E-state index contributed by atoms with van der Waals surface area (Å²) in [5.74, 6) is 1.65. The number of pyridine rings is 1. The van der Waals surface area contributed by atoms with Gasteiger partial charge in [-0.15, -0.1) is 0 Å². The van der Waals surface area contributed by atoms with Crippen molar-refractivity contribution in [3.8, 4) is 22.8 Å². The summed E-state index contributed by atoms with van der Waals surface area (Å²) in [5.41, 5.74) is 6.80. The third-order valence-electron chi connectivity index (χ3n) is 10.9. The Bertz CT molecular complexity index is 1690. The Morgan fingerprint density at radius 1 is 1.02 bits per heavy atom. The Morgan fingerprint density at radius 2 is 1.93 bits per heavy atom. The van der Waals surface area contributed by atoms with Crippen molar-refractivity contribution >= 4 is 0 Å². The van der Waals surface area contributed by atoms with Crippen molar-refractivity contribution in [3.05, 3.63) is 101 Å². The van der Waals surface area contributed by atoms with Crippen LogP contribution >= 0.6 is 0 Å². The summed E-state index contributed by atoms with van der Waals surface area (Å²) in [5, 5.41) is 11.1. The van der Waals surface area contributed by atoms with E-state index in [1.54, 1.807) is 18.6 Å². The summed E-state index contributed by atoms with van der Waals surface area (Å²) in [6, 6.07) is 17.1. The Labute approximate surface area is 251 Å². The highest BCUT2D eigenvalue weighted by atomic mass is 16.5. The van der Waals surface area contributed by atoms with Gasteiger partial charge in [0.1, 0.15) is 5.60 Å². The Hall–Kier alpha value is -3.81. The first-order valence-electron chi connectivity index (χ1n) is 15.9. The quantitative estimate of drug-likeness (QED) is 0.275. The monoisotopic (exact) mass is 572 g/mol. The molecule has 2 aliphatic heterocycles. The van der Waals surface area contributed by atoms with Gasteiger partial charge in [-0.2, -0.15) is 0 Å². The van der Waals surface area contributed by atoms with Crippen LogP contribution in [0.25, 0.3) is 11.3 Å². The van der Waals surface area contributed by atoms with Crippen molar-refractivity contribution in [2.45, 2.75) is 68.1 Å². The number of nitrogens with zero attached hydrogens (tertiary/aromatic N) is 4. The summed E-state index contributed by atoms with van der Waals surface area (Å²) in [6.45, 7) is 2.82. The SMILES string of the molecule is Oc1ccc2c3c1O[C@H]1c4ncc(-c5cnccn5)cc4C[C@@]4(OCCCc5ccccc5)[C@@H](C2)N(CC2CC2)CC[C@]314. The van der Waals surface area contributed by atoms with Gasteiger partial charge in [-0.05, 0) is 79.8 Å². The highest BCUT2D eigenvalue weighted by Crippen LogP contribution is 2.69. The van der Waals surface area contributed by atoms with Gasteiger partial charge in [-0.3, -0.25) is 19.9 Å². The van der Waals surface area contributed by atoms with E-state index in [0.717, 1.165) is 73.6 Å². The van der Waals surface area contributed by atoms with Gasteiger partial charge in [0.15, 0.2) is 17.6 Å². The van der Waals surface area contributed by atoms with Crippen LogP contribution in [0.1, 0.15) is 59.7 Å². The smallest absolute Gasteiger partial charge is 0.166 e. The minimum Gasteiger partial charge on any atom is -0.504 e. The van der Waals surface area contributed by atoms with E-state index in [1.807, 2.05) is 12.3 Å². The highest BCUT2D eigenvalue weighted by Gasteiger charge is 2.73. The van der Waals surface area contributed by atoms with Crippen molar-refractivity contribution in [1.29, 1.82) is 0 Å². The number of aromatic nitrogens is 3. The Kier molecular flexibility index (Phi) is 5.73. The summed E-state index contributed by atoms with van der Waals surface area (Å²) >= 11 is 0. The molecule has 4 heterocycles. The number of hydrogen-bond acceptors (Lipinski definition) is 7. The number of aromatic hydroxyl groups is 1. The second-order valence-electron chi connectivity index (χ2n) is 13.2. The Morgan fingerprint density at radius 3 is 2.77 bits per heavy atom. The van der Waals surface area contributed by atoms with Crippen LogP contribution in [0, 0.1) is 5.92 Å². The molecule has 2 fully saturated rings. The first-order valence-corrected chi connectivity index (χ1v) is 15.9. The van der Waals surface area contributed by atoms with E-state index in [2.05, 4.69) is 57.3 Å². The molecule has 1 spiro atoms. The standard InChI is InChI=1S/C36H36N4O3/c41-29-11-10-25-18-30-36(42-16-4-7-23-5-2-1-3-6-23)19-26-17-27(28-21-37-13-14-38-28)20-39-32(26)34-35(36,31(25)33(29)43-34)12-15-40(30)22-24-8-9-24/h1-3,5-6,10-11,13-14,17,20-21,24,30,34,41H,4,7-9,12,15-16,18-19,22H2/t30-,34+,35+,36-/m1/s1. The normalized spacial score (nSPS) is 28.2. The first-order chi connectivity index (χ1) is 21.2. The number of piperidine rings is 1. The molecule has 0 radical (unpaired) electrons. The number of ether oxygens (including phenoxy) is 2. The lowest BCUT2D eigenvalue weighted by molar-refractivity contribution is -0.205. The van der Waals surface area contributed by atoms with Crippen LogP contribution in [0.2, 0.25) is 0 Å². The highest BCUT2D eigenvalue weighted by molar-refractivity contribution is 5.66. The lowest BCUT2D eigenvalue weighted by atomic mass is 9.48. The number of fused-ring (bicyclic) bond motifs is 2. The van der Waals surface area contributed by atoms with Gasteiger partial charge in [0, 0.05) is 55.3 Å². The van der Waals surface area contributed by atoms with Crippen molar-refractivity contribution < 1.29 is 14.6 Å². The molecule has 43 heavy (non-hydrogen) atoms. The van der Waals surface area contributed by atoms with Gasteiger partial charge in [0.25, 0.3) is 0 Å². The second-order valence-corrected chi connectivity index (χ2v) is 13.2. The molecule has 1 saturated heterocycles. The van der Waals surface area contributed by atoms with E-state index in [-0.39, 0.29) is 17.9 Å². The molecular weight excluding hydrogens is 536 g/mol. The topological polar surface area (TPSA) is 80.6 Å². The zero-order valence-electron chi connectivity index (χ0n) is 24.3. The number of hydrogen-bond donors (Lipinski definition) is 1. The van der Waals surface area contributed by atoms with E-state index in [1.165, 1.54) is 29.5 Å². The van der Waals surface area contributed by atoms with E-state index in [4.69, 9.17) is 14.5 Å². The molecule has 2 aromatic carbocycles. The third kappa shape index (κ3) is 3.77. The van der Waals surface area contributed by atoms with Crippen LogP contribution in [0.15, 0.2) is 73.3 Å². The van der Waals surface area contributed by atoms with Crippen LogP contribution in [-0.4, -0.2) is 56.3 Å². The third-order valence-corrected chi connectivity index (χ3v) is 10.9. The van der Waals surface area contributed by atoms with Crippen LogP contribution in [0.4, 0.5) is 0 Å². The summed E-state index contributed by atoms with van der Waals surface area (Å²) in [7, 11) is 0. The summed E-state index contributed by atoms with van der Waals surface area (Å²) in [4.78, 5) is 16.7. The molecule has 0 unspecified atom stereocenters. The van der Waals surface area contributed by atoms with Gasteiger partial charge in [0.05, 0.1) is 23.0 Å². The van der Waals surface area contributed by atoms with Crippen LogP contribution in [0.5, 0.6) is 11.5 Å². The zero-order chi connectivity index (χ0) is 28.6. The molecule has 1 saturated carbocycles. The molecule has 4 atom stereocenters. The van der Waals surface area contributed by atoms with E-state index < -0.39 is 11.0 Å². The van der Waals surface area contributed by atoms with Crippen LogP contribution in [0.3, 0.4) is 0 Å². The van der Waals surface area contributed by atoms with Gasteiger partial charge in [-0.25, -0.2) is 0 Å². The lowest BCUT2D eigenvalue weighted by Gasteiger charge is -2.64. The number of rotatable bonds is 8. The molecule has 7 nitrogen and oxygen atoms in total. The number of phenolic OH excluding ortho intramolecular Hbond substituents is 1. The zero-order valence-corrected chi connectivity index (χ0v) is 24.3. The first kappa shape index (κ1) is 25.7. The fourth-order valence-electron chi connectivity index (χ4n) is 8.85. The van der Waals surface area contributed by atoms with Crippen LogP contribution in [-0.2, 0) is 29.4 Å². The molecule has 2 aromatic heterocycles. The molecular formula is C36H36N4O3. The average molecular weight is 573 g/mol. The summed E-state index contributed by atoms with van der Waals surface area (Å²) in [6.07, 6.45) is 14.0. The van der Waals surface area contributed by atoms with Crippen LogP contribution < -0.4 is 4.74 Å². The van der Waals surface area contributed by atoms with Crippen molar-refractivity contribution in [2.24, 2.45) is 5.92 Å². The fraction of sp³-hybridized carbons (Fsp3) is 0.417. The van der Waals surface area contributed by atoms with Crippen molar-refractivity contribution in [3.63, 3.8) is 0 Å². The average Bonchev–Trinajstić information content (AvgIpc) is 3.79. The predicted molar refractivity (Wildman–Crippen MR) is 162 cm³/mol. The number of aryl methyl sites for hydroxylation is 1. The second kappa shape index (κ2) is 9.60. The summed E-state index contributed by atoms with van der Waals surface area (Å²) < 4.78 is 14.3. The van der Waals surface area contributed by atoms with Gasteiger partial charge in [0.2, 0.25) is 0 Å². The number of benzene rings is 2. The van der Waals surface area contributed by atoms with E-state index >= 15 is 0 Å². The molecule has 7 heteroatoms.